The summed E-state index contributed by atoms with van der Waals surface area (Å²) in [5.74, 6) is -2.03. The number of benzene rings is 1. The average molecular weight is 907 g/mol. The number of pyridine rings is 1. The first-order chi connectivity index (χ1) is 28.9. The zero-order chi connectivity index (χ0) is 43.9. The highest BCUT2D eigenvalue weighted by Crippen LogP contribution is 2.37. The van der Waals surface area contributed by atoms with E-state index in [0.717, 1.165) is 44.9 Å². The molecular weight excluding hydrogens is 845 g/mol. The van der Waals surface area contributed by atoms with E-state index in [1.165, 1.54) is 69.0 Å². The predicted octanol–water partition coefficient (Wildman–Crippen LogP) is 7.34. The van der Waals surface area contributed by atoms with Crippen LogP contribution < -0.4 is 14.8 Å². The number of carboxylic acids is 2. The van der Waals surface area contributed by atoms with E-state index in [1.54, 1.807) is 0 Å². The molecule has 1 heterocycles. The number of sulfonamides is 1. The van der Waals surface area contributed by atoms with Crippen molar-refractivity contribution in [1.29, 1.82) is 0 Å². The van der Waals surface area contributed by atoms with Crippen LogP contribution in [0.5, 0.6) is 5.75 Å². The van der Waals surface area contributed by atoms with Gasteiger partial charge in [0.1, 0.15) is 34.7 Å². The summed E-state index contributed by atoms with van der Waals surface area (Å²) < 4.78 is 55.3. The Bertz CT molecular complexity index is 1670. The molecule has 1 amide bonds. The second-order valence-electron chi connectivity index (χ2n) is 13.9. The van der Waals surface area contributed by atoms with Crippen LogP contribution in [0.2, 0.25) is 10.0 Å². The van der Waals surface area contributed by atoms with Crippen molar-refractivity contribution >= 4 is 62.7 Å². The van der Waals surface area contributed by atoms with Crippen LogP contribution in [-0.2, 0) is 43.4 Å². The summed E-state index contributed by atoms with van der Waals surface area (Å²) in [6.07, 6.45) is 16.5. The SMILES string of the molecule is O=C(O)CCCCCCCCCCCCCCCOc1ccc(S(=O)(=O)Nc2ccc(C(=O)NCCOCCOCC(=O)CCCOCCOCC(=O)O)cn2)c(Cl)c1Cl. The first-order valence-corrected chi connectivity index (χ1v) is 22.8. The van der Waals surface area contributed by atoms with Gasteiger partial charge in [0.15, 0.2) is 5.78 Å². The van der Waals surface area contributed by atoms with Crippen LogP contribution >= 0.6 is 23.2 Å². The van der Waals surface area contributed by atoms with Gasteiger partial charge in [0.25, 0.3) is 15.9 Å². The molecule has 16 nitrogen and oxygen atoms in total. The highest BCUT2D eigenvalue weighted by molar-refractivity contribution is 7.92. The fourth-order valence-electron chi connectivity index (χ4n) is 5.69. The molecular formula is C41H61Cl2N3O13S. The maximum atomic E-state index is 13.1. The molecule has 0 atom stereocenters. The zero-order valence-electron chi connectivity index (χ0n) is 34.3. The Balaban J connectivity index is 1.56. The lowest BCUT2D eigenvalue weighted by Crippen LogP contribution is -2.28. The topological polar surface area (TPSA) is 226 Å². The summed E-state index contributed by atoms with van der Waals surface area (Å²) in [5, 5.41) is 19.6. The molecule has 0 bridgehead atoms. The normalized spacial score (nSPS) is 11.4. The minimum Gasteiger partial charge on any atom is -0.492 e. The van der Waals surface area contributed by atoms with Crippen molar-refractivity contribution in [2.75, 3.05) is 70.7 Å². The molecule has 0 aliphatic rings. The molecule has 0 saturated carbocycles. The minimum absolute atomic E-state index is 0.0127. The van der Waals surface area contributed by atoms with Gasteiger partial charge in [-0.15, -0.1) is 0 Å². The number of hydrogen-bond donors (Lipinski definition) is 4. The zero-order valence-corrected chi connectivity index (χ0v) is 36.6. The third kappa shape index (κ3) is 24.6. The Kier molecular flexibility index (Phi) is 28.2. The fourth-order valence-corrected chi connectivity index (χ4v) is 7.51. The molecule has 0 saturated heterocycles. The molecule has 60 heavy (non-hydrogen) atoms. The Morgan fingerprint density at radius 1 is 0.600 bits per heavy atom. The second kappa shape index (κ2) is 32.2. The summed E-state index contributed by atoms with van der Waals surface area (Å²) in [4.78, 5) is 49.1. The van der Waals surface area contributed by atoms with E-state index in [4.69, 9.17) is 57.1 Å². The third-order valence-corrected chi connectivity index (χ3v) is 11.2. The number of unbranched alkanes of at least 4 members (excludes halogenated alkanes) is 12. The van der Waals surface area contributed by atoms with Gasteiger partial charge in [-0.3, -0.25) is 19.1 Å². The Morgan fingerprint density at radius 2 is 1.18 bits per heavy atom. The maximum Gasteiger partial charge on any atom is 0.329 e. The number of ether oxygens (including phenoxy) is 5. The Labute approximate surface area is 363 Å². The Morgan fingerprint density at radius 3 is 1.78 bits per heavy atom. The quantitative estimate of drug-likeness (QED) is 0.0484. The lowest BCUT2D eigenvalue weighted by molar-refractivity contribution is -0.143. The molecule has 2 rings (SSSR count). The molecule has 0 spiro atoms. The monoisotopic (exact) mass is 905 g/mol. The van der Waals surface area contributed by atoms with Crippen LogP contribution in [0, 0.1) is 0 Å². The number of hydrogen-bond acceptors (Lipinski definition) is 12. The number of rotatable bonds is 38. The summed E-state index contributed by atoms with van der Waals surface area (Å²) in [6.45, 7) is 1.53. The van der Waals surface area contributed by atoms with Gasteiger partial charge in [-0.25, -0.2) is 18.2 Å². The number of aliphatic carboxylic acids is 2. The number of halogens is 2. The van der Waals surface area contributed by atoms with Gasteiger partial charge >= 0.3 is 11.9 Å². The van der Waals surface area contributed by atoms with Crippen LogP contribution in [-0.4, -0.2) is 113 Å². The van der Waals surface area contributed by atoms with Crippen molar-refractivity contribution in [2.45, 2.75) is 108 Å². The van der Waals surface area contributed by atoms with Gasteiger partial charge in [0, 0.05) is 32.2 Å². The van der Waals surface area contributed by atoms with E-state index in [-0.39, 0.29) is 103 Å². The molecule has 1 aromatic carbocycles. The van der Waals surface area contributed by atoms with Crippen molar-refractivity contribution in [3.8, 4) is 5.75 Å². The van der Waals surface area contributed by atoms with E-state index in [1.807, 2.05) is 0 Å². The van der Waals surface area contributed by atoms with E-state index in [2.05, 4.69) is 15.0 Å². The molecule has 338 valence electrons. The Hall–Kier alpha value is -3.58. The van der Waals surface area contributed by atoms with E-state index < -0.39 is 27.9 Å². The number of carbonyl (C=O) groups excluding carboxylic acids is 2. The smallest absolute Gasteiger partial charge is 0.329 e. The highest BCUT2D eigenvalue weighted by Gasteiger charge is 2.23. The van der Waals surface area contributed by atoms with Crippen LogP contribution in [0.25, 0.3) is 0 Å². The molecule has 1 aromatic heterocycles. The third-order valence-electron chi connectivity index (χ3n) is 8.87. The summed E-state index contributed by atoms with van der Waals surface area (Å²) >= 11 is 12.8. The standard InChI is InChI=1S/C41H61Cl2N3O13S/c42-39-34(59-23-13-11-9-7-5-3-1-2-4-6-8-10-12-16-37(48)49)18-19-35(40(39)43)60(53,54)46-36-20-17-32(29-45-36)41(52)44-21-24-56-26-27-57-30-33(47)15-14-22-55-25-28-58-31-38(50)51/h17-20,29H,1-16,21-28,30-31H2,(H,44,52)(H,45,46)(H,48,49)(H,50,51). The van der Waals surface area contributed by atoms with E-state index >= 15 is 0 Å². The van der Waals surface area contributed by atoms with Gasteiger partial charge in [-0.1, -0.05) is 93.8 Å². The highest BCUT2D eigenvalue weighted by atomic mass is 35.5. The maximum absolute atomic E-state index is 13.1. The number of nitrogens with zero attached hydrogens (tertiary/aromatic N) is 1. The average Bonchev–Trinajstić information content (AvgIpc) is 3.20. The number of ketones is 1. The van der Waals surface area contributed by atoms with Crippen LogP contribution in [0.3, 0.4) is 0 Å². The van der Waals surface area contributed by atoms with E-state index in [9.17, 15) is 27.6 Å². The lowest BCUT2D eigenvalue weighted by atomic mass is 10.0. The molecule has 4 N–H and O–H groups in total. The number of carbonyl (C=O) groups is 4. The molecule has 19 heteroatoms. The van der Waals surface area contributed by atoms with Crippen molar-refractivity contribution in [2.24, 2.45) is 0 Å². The van der Waals surface area contributed by atoms with Gasteiger partial charge in [0.05, 0.1) is 50.2 Å². The van der Waals surface area contributed by atoms with Crippen LogP contribution in [0.1, 0.15) is 113 Å². The lowest BCUT2D eigenvalue weighted by Gasteiger charge is -2.13. The van der Waals surface area contributed by atoms with Gasteiger partial charge in [0.2, 0.25) is 0 Å². The van der Waals surface area contributed by atoms with Crippen molar-refractivity contribution in [3.63, 3.8) is 0 Å². The van der Waals surface area contributed by atoms with Crippen LogP contribution in [0.4, 0.5) is 5.82 Å². The fraction of sp³-hybridized carbons (Fsp3) is 0.634. The van der Waals surface area contributed by atoms with Crippen molar-refractivity contribution < 1.29 is 61.5 Å². The summed E-state index contributed by atoms with van der Waals surface area (Å²) in [7, 11) is -4.18. The molecule has 0 radical (unpaired) electrons. The van der Waals surface area contributed by atoms with Crippen molar-refractivity contribution in [3.05, 3.63) is 46.1 Å². The predicted molar refractivity (Wildman–Crippen MR) is 227 cm³/mol. The number of anilines is 1. The van der Waals surface area contributed by atoms with Crippen LogP contribution in [0.15, 0.2) is 35.4 Å². The number of nitrogens with one attached hydrogen (secondary N) is 2. The van der Waals surface area contributed by atoms with Gasteiger partial charge in [-0.05, 0) is 43.5 Å². The number of aromatic nitrogens is 1. The molecule has 0 aliphatic carbocycles. The molecule has 0 aliphatic heterocycles. The summed E-state index contributed by atoms with van der Waals surface area (Å²) in [6, 6.07) is 5.54. The minimum atomic E-state index is -4.18. The second-order valence-corrected chi connectivity index (χ2v) is 16.3. The van der Waals surface area contributed by atoms with Crippen molar-refractivity contribution in [1.82, 2.24) is 10.3 Å². The number of carboxylic acid groups (broad SMARTS) is 2. The van der Waals surface area contributed by atoms with E-state index in [0.29, 0.717) is 19.6 Å². The largest absolute Gasteiger partial charge is 0.492 e. The first-order valence-electron chi connectivity index (χ1n) is 20.5. The summed E-state index contributed by atoms with van der Waals surface area (Å²) in [5.41, 5.74) is 0.199. The number of amides is 1. The van der Waals surface area contributed by atoms with Gasteiger partial charge in [-0.2, -0.15) is 0 Å². The molecule has 0 unspecified atom stereocenters. The molecule has 0 fully saturated rings. The van der Waals surface area contributed by atoms with Gasteiger partial charge < -0.3 is 39.2 Å². The molecule has 2 aromatic rings. The number of Topliss-reactive ketones (excluding diaryl/α,β-unsaturated/α-hetero) is 1. The first kappa shape index (κ1) is 52.6.